The van der Waals surface area contributed by atoms with E-state index in [-0.39, 0.29) is 0 Å². The summed E-state index contributed by atoms with van der Waals surface area (Å²) >= 11 is 0. The molecule has 3 heteroatoms. The molecule has 2 N–H and O–H groups in total. The predicted octanol–water partition coefficient (Wildman–Crippen LogP) is 2.50. The number of rotatable bonds is 6. The summed E-state index contributed by atoms with van der Waals surface area (Å²) < 4.78 is 5.90. The molecule has 1 aromatic carbocycles. The van der Waals surface area contributed by atoms with Gasteiger partial charge in [0, 0.05) is 12.6 Å². The normalized spacial score (nSPS) is 17.6. The van der Waals surface area contributed by atoms with Crippen molar-refractivity contribution >= 4 is 0 Å². The largest absolute Gasteiger partial charge is 0.493 e. The van der Waals surface area contributed by atoms with Crippen molar-refractivity contribution in [2.45, 2.75) is 39.2 Å². The van der Waals surface area contributed by atoms with Gasteiger partial charge in [0.1, 0.15) is 5.75 Å². The summed E-state index contributed by atoms with van der Waals surface area (Å²) in [6, 6.07) is 6.81. The highest BCUT2D eigenvalue weighted by Crippen LogP contribution is 2.20. The Hall–Kier alpha value is -1.06. The van der Waals surface area contributed by atoms with Crippen molar-refractivity contribution in [2.24, 2.45) is 5.73 Å². The van der Waals surface area contributed by atoms with E-state index in [0.29, 0.717) is 6.04 Å². The van der Waals surface area contributed by atoms with Crippen LogP contribution in [-0.4, -0.2) is 37.2 Å². The molecule has 0 saturated carbocycles. The highest BCUT2D eigenvalue weighted by molar-refractivity contribution is 5.35. The zero-order valence-electron chi connectivity index (χ0n) is 12.2. The van der Waals surface area contributed by atoms with Crippen LogP contribution in [0.2, 0.25) is 0 Å². The molecule has 1 unspecified atom stereocenters. The zero-order valence-corrected chi connectivity index (χ0v) is 12.2. The third-order valence-corrected chi connectivity index (χ3v) is 3.97. The number of hydrogen-bond acceptors (Lipinski definition) is 3. The molecule has 1 aliphatic heterocycles. The lowest BCUT2D eigenvalue weighted by Gasteiger charge is -2.26. The van der Waals surface area contributed by atoms with Crippen LogP contribution in [0.25, 0.3) is 0 Å². The Bertz CT molecular complexity index is 400. The molecule has 1 aromatic rings. The van der Waals surface area contributed by atoms with Crippen LogP contribution >= 0.6 is 0 Å². The van der Waals surface area contributed by atoms with E-state index in [4.69, 9.17) is 10.5 Å². The van der Waals surface area contributed by atoms with Crippen LogP contribution in [0.3, 0.4) is 0 Å². The van der Waals surface area contributed by atoms with Crippen molar-refractivity contribution in [1.82, 2.24) is 4.90 Å². The first-order chi connectivity index (χ1) is 9.20. The van der Waals surface area contributed by atoms with Gasteiger partial charge in [-0.15, -0.1) is 0 Å². The molecule has 0 aromatic heterocycles. The predicted molar refractivity (Wildman–Crippen MR) is 79.7 cm³/mol. The highest BCUT2D eigenvalue weighted by atomic mass is 16.5. The van der Waals surface area contributed by atoms with Gasteiger partial charge in [-0.1, -0.05) is 17.7 Å². The van der Waals surface area contributed by atoms with Crippen LogP contribution in [0.1, 0.15) is 30.4 Å². The first-order valence-electron chi connectivity index (χ1n) is 7.35. The summed E-state index contributed by atoms with van der Waals surface area (Å²) in [5.41, 5.74) is 8.38. The smallest absolute Gasteiger partial charge is 0.122 e. The van der Waals surface area contributed by atoms with E-state index in [2.05, 4.69) is 36.9 Å². The molecule has 0 amide bonds. The number of ether oxygens (including phenoxy) is 1. The van der Waals surface area contributed by atoms with E-state index in [1.807, 2.05) is 0 Å². The van der Waals surface area contributed by atoms with Crippen LogP contribution < -0.4 is 10.5 Å². The Morgan fingerprint density at radius 1 is 1.26 bits per heavy atom. The molecule has 0 bridgehead atoms. The van der Waals surface area contributed by atoms with Crippen LogP contribution in [0, 0.1) is 13.8 Å². The van der Waals surface area contributed by atoms with Gasteiger partial charge >= 0.3 is 0 Å². The number of likely N-dealkylation sites (tertiary alicyclic amines) is 1. The van der Waals surface area contributed by atoms with Gasteiger partial charge in [0.2, 0.25) is 0 Å². The average molecular weight is 262 g/mol. The lowest BCUT2D eigenvalue weighted by Crippen LogP contribution is -2.39. The Labute approximate surface area is 116 Å². The number of aryl methyl sites for hydroxylation is 2. The summed E-state index contributed by atoms with van der Waals surface area (Å²) in [4.78, 5) is 2.51. The molecule has 3 nitrogen and oxygen atoms in total. The summed E-state index contributed by atoms with van der Waals surface area (Å²) in [5, 5.41) is 0. The SMILES string of the molecule is Cc1ccc(OCCC(CN)N2CCCC2)c(C)c1. The lowest BCUT2D eigenvalue weighted by molar-refractivity contribution is 0.197. The molecule has 1 atom stereocenters. The second-order valence-electron chi connectivity index (χ2n) is 5.54. The van der Waals surface area contributed by atoms with E-state index >= 15 is 0 Å². The molecule has 106 valence electrons. The number of hydrogen-bond donors (Lipinski definition) is 1. The molecule has 1 aliphatic rings. The number of nitrogens with two attached hydrogens (primary N) is 1. The quantitative estimate of drug-likeness (QED) is 0.856. The fourth-order valence-corrected chi connectivity index (χ4v) is 2.82. The summed E-state index contributed by atoms with van der Waals surface area (Å²) in [6.07, 6.45) is 3.65. The van der Waals surface area contributed by atoms with Crippen molar-refractivity contribution in [3.63, 3.8) is 0 Å². The van der Waals surface area contributed by atoms with Gasteiger partial charge in [-0.2, -0.15) is 0 Å². The van der Waals surface area contributed by atoms with Crippen LogP contribution in [0.5, 0.6) is 5.75 Å². The fourth-order valence-electron chi connectivity index (χ4n) is 2.82. The van der Waals surface area contributed by atoms with Gasteiger partial charge in [0.05, 0.1) is 6.61 Å². The van der Waals surface area contributed by atoms with Crippen molar-refractivity contribution < 1.29 is 4.74 Å². The van der Waals surface area contributed by atoms with Crippen LogP contribution in [-0.2, 0) is 0 Å². The van der Waals surface area contributed by atoms with E-state index in [1.165, 1.54) is 37.1 Å². The topological polar surface area (TPSA) is 38.5 Å². The molecule has 1 fully saturated rings. The zero-order chi connectivity index (χ0) is 13.7. The van der Waals surface area contributed by atoms with Crippen LogP contribution in [0.15, 0.2) is 18.2 Å². The fraction of sp³-hybridized carbons (Fsp3) is 0.625. The van der Waals surface area contributed by atoms with Crippen molar-refractivity contribution in [3.8, 4) is 5.75 Å². The van der Waals surface area contributed by atoms with E-state index < -0.39 is 0 Å². The van der Waals surface area contributed by atoms with Gasteiger partial charge in [-0.05, 0) is 57.8 Å². The van der Waals surface area contributed by atoms with E-state index in [0.717, 1.165) is 25.3 Å². The Morgan fingerprint density at radius 3 is 2.63 bits per heavy atom. The molecule has 2 rings (SSSR count). The molecule has 0 radical (unpaired) electrons. The standard InChI is InChI=1S/C16H26N2O/c1-13-5-6-16(14(2)11-13)19-10-7-15(12-17)18-8-3-4-9-18/h5-6,11,15H,3-4,7-10,12,17H2,1-2H3. The van der Waals surface area contributed by atoms with Gasteiger partial charge in [-0.25, -0.2) is 0 Å². The van der Waals surface area contributed by atoms with Gasteiger partial charge in [-0.3, -0.25) is 4.90 Å². The third kappa shape index (κ3) is 3.95. The lowest BCUT2D eigenvalue weighted by atomic mass is 10.1. The number of benzene rings is 1. The summed E-state index contributed by atoms with van der Waals surface area (Å²) in [5.74, 6) is 1.00. The minimum absolute atomic E-state index is 0.480. The first kappa shape index (κ1) is 14.4. The Balaban J connectivity index is 1.81. The molecule has 1 saturated heterocycles. The molecule has 1 heterocycles. The molecular formula is C16H26N2O. The molecular weight excluding hydrogens is 236 g/mol. The second kappa shape index (κ2) is 6.92. The van der Waals surface area contributed by atoms with Gasteiger partial charge in [0.15, 0.2) is 0 Å². The van der Waals surface area contributed by atoms with Crippen molar-refractivity contribution in [3.05, 3.63) is 29.3 Å². The van der Waals surface area contributed by atoms with E-state index in [1.54, 1.807) is 0 Å². The van der Waals surface area contributed by atoms with Gasteiger partial charge in [0.25, 0.3) is 0 Å². The second-order valence-corrected chi connectivity index (χ2v) is 5.54. The van der Waals surface area contributed by atoms with E-state index in [9.17, 15) is 0 Å². The minimum Gasteiger partial charge on any atom is -0.493 e. The average Bonchev–Trinajstić information content (AvgIpc) is 2.90. The molecule has 0 spiro atoms. The van der Waals surface area contributed by atoms with Gasteiger partial charge < -0.3 is 10.5 Å². The Kier molecular flexibility index (Phi) is 5.23. The third-order valence-electron chi connectivity index (χ3n) is 3.97. The minimum atomic E-state index is 0.480. The summed E-state index contributed by atoms with van der Waals surface area (Å²) in [6.45, 7) is 8.09. The first-order valence-corrected chi connectivity index (χ1v) is 7.35. The monoisotopic (exact) mass is 262 g/mol. The maximum absolute atomic E-state index is 5.90. The highest BCUT2D eigenvalue weighted by Gasteiger charge is 2.20. The molecule has 19 heavy (non-hydrogen) atoms. The van der Waals surface area contributed by atoms with Crippen molar-refractivity contribution in [1.29, 1.82) is 0 Å². The van der Waals surface area contributed by atoms with Crippen LogP contribution in [0.4, 0.5) is 0 Å². The summed E-state index contributed by atoms with van der Waals surface area (Å²) in [7, 11) is 0. The van der Waals surface area contributed by atoms with Crippen molar-refractivity contribution in [2.75, 3.05) is 26.2 Å². The Morgan fingerprint density at radius 2 is 2.00 bits per heavy atom. The maximum Gasteiger partial charge on any atom is 0.122 e. The number of nitrogens with zero attached hydrogens (tertiary/aromatic N) is 1. The molecule has 0 aliphatic carbocycles. The maximum atomic E-state index is 5.90.